The fourth-order valence-corrected chi connectivity index (χ4v) is 9.70. The van der Waals surface area contributed by atoms with Crippen molar-refractivity contribution in [3.05, 3.63) is 58.7 Å². The summed E-state index contributed by atoms with van der Waals surface area (Å²) in [7, 11) is -8.44. The van der Waals surface area contributed by atoms with E-state index < -0.39 is 106 Å². The number of rotatable bonds is 24. The Bertz CT molecular complexity index is 1580. The zero-order chi connectivity index (χ0) is 41.8. The van der Waals surface area contributed by atoms with E-state index in [1.54, 1.807) is 0 Å². The number of sulfonamides is 2. The molecule has 11 nitrogen and oxygen atoms in total. The van der Waals surface area contributed by atoms with Crippen LogP contribution in [0.2, 0.25) is 0 Å². The van der Waals surface area contributed by atoms with Crippen LogP contribution in [-0.2, 0) is 59.8 Å². The molecule has 0 aliphatic carbocycles. The number of nitrogens with zero attached hydrogens (tertiary/aromatic N) is 2. The first-order valence-corrected chi connectivity index (χ1v) is 21.2. The van der Waals surface area contributed by atoms with Gasteiger partial charge in [-0.1, -0.05) is 39.5 Å². The minimum atomic E-state index is -4.77. The van der Waals surface area contributed by atoms with Crippen LogP contribution >= 0.6 is 0 Å². The van der Waals surface area contributed by atoms with Crippen LogP contribution in [0, 0.1) is 0 Å². The lowest BCUT2D eigenvalue weighted by molar-refractivity contribution is -0.140. The number of halogens is 6. The third-order valence-corrected chi connectivity index (χ3v) is 12.3. The monoisotopic (exact) mass is 836 g/mol. The van der Waals surface area contributed by atoms with Gasteiger partial charge in [0.25, 0.3) is 0 Å². The standard InChI is InChI=1S/C36H54F6N2O9S2/c1-7-9-11-31(45)21-54(47,48)43(25(3)4)33-15-13-29(35(37,38)39)17-27(33)19-51-23-53-24-52-20-28-18-30(36(40,41)42)14-16-34(28)44(26(5)6)55(49,50)22-32(46)12-10-8-2/h13-18,25-26,31-32,45-46H,7-12,19-24H2,1-6H3. The normalized spacial score (nSPS) is 14.1. The Morgan fingerprint density at radius 3 is 1.25 bits per heavy atom. The van der Waals surface area contributed by atoms with Crippen LogP contribution in [0.15, 0.2) is 36.4 Å². The number of anilines is 2. The molecule has 0 bridgehead atoms. The lowest BCUT2D eigenvalue weighted by Crippen LogP contribution is -2.42. The van der Waals surface area contributed by atoms with Crippen molar-refractivity contribution in [1.82, 2.24) is 0 Å². The van der Waals surface area contributed by atoms with Crippen molar-refractivity contribution in [2.45, 2.75) is 130 Å². The summed E-state index contributed by atoms with van der Waals surface area (Å²) >= 11 is 0. The topological polar surface area (TPSA) is 143 Å². The molecular formula is C36H54F6N2O9S2. The number of ether oxygens (including phenoxy) is 3. The van der Waals surface area contributed by atoms with Gasteiger partial charge in [-0.2, -0.15) is 26.3 Å². The van der Waals surface area contributed by atoms with Crippen molar-refractivity contribution < 1.29 is 67.6 Å². The molecule has 316 valence electrons. The summed E-state index contributed by atoms with van der Waals surface area (Å²) in [6.07, 6.45) is -8.89. The second-order valence-electron chi connectivity index (χ2n) is 13.7. The maximum atomic E-state index is 13.7. The van der Waals surface area contributed by atoms with Crippen LogP contribution in [0.25, 0.3) is 0 Å². The largest absolute Gasteiger partial charge is 0.416 e. The Kier molecular flexibility index (Phi) is 18.7. The average Bonchev–Trinajstić information content (AvgIpc) is 3.05. The second kappa shape index (κ2) is 21.2. The Labute approximate surface area is 320 Å². The molecule has 0 fully saturated rings. The molecule has 0 amide bonds. The highest BCUT2D eigenvalue weighted by molar-refractivity contribution is 7.93. The lowest BCUT2D eigenvalue weighted by Gasteiger charge is -2.31. The SMILES string of the molecule is CCCCC(O)CS(=O)(=O)N(c1ccc(C(F)(F)F)cc1COCOCOCc1cc(C(F)(F)F)ccc1N(C(C)C)S(=O)(=O)CC(O)CCCC)C(C)C. The molecule has 2 N–H and O–H groups in total. The average molecular weight is 837 g/mol. The molecule has 55 heavy (non-hydrogen) atoms. The van der Waals surface area contributed by atoms with Crippen molar-refractivity contribution >= 4 is 31.4 Å². The summed E-state index contributed by atoms with van der Waals surface area (Å²) in [5, 5.41) is 20.7. The van der Waals surface area contributed by atoms with Gasteiger partial charge < -0.3 is 24.4 Å². The number of benzene rings is 2. The number of hydrogen-bond donors (Lipinski definition) is 2. The van der Waals surface area contributed by atoms with E-state index in [1.165, 1.54) is 27.7 Å². The Morgan fingerprint density at radius 1 is 0.618 bits per heavy atom. The molecule has 0 aliphatic heterocycles. The smallest absolute Gasteiger partial charge is 0.392 e. The number of aliphatic hydroxyl groups is 2. The van der Waals surface area contributed by atoms with E-state index in [0.717, 1.165) is 57.9 Å². The van der Waals surface area contributed by atoms with E-state index in [-0.39, 0.29) is 35.3 Å². The predicted molar refractivity (Wildman–Crippen MR) is 197 cm³/mol. The molecule has 0 heterocycles. The van der Waals surface area contributed by atoms with Crippen LogP contribution in [0.3, 0.4) is 0 Å². The third-order valence-electron chi connectivity index (χ3n) is 8.26. The van der Waals surface area contributed by atoms with Crippen molar-refractivity contribution in [1.29, 1.82) is 0 Å². The molecule has 2 rings (SSSR count). The molecule has 0 radical (unpaired) electrons. The summed E-state index contributed by atoms with van der Waals surface area (Å²) in [4.78, 5) is 0. The molecule has 0 aromatic heterocycles. The van der Waals surface area contributed by atoms with Gasteiger partial charge in [0.05, 0.1) is 59.4 Å². The summed E-state index contributed by atoms with van der Waals surface area (Å²) < 4.78 is 154. The minimum Gasteiger partial charge on any atom is -0.392 e. The van der Waals surface area contributed by atoms with Crippen molar-refractivity contribution in [3.63, 3.8) is 0 Å². The number of aliphatic hydroxyl groups excluding tert-OH is 2. The Hall–Kier alpha value is -2.68. The second-order valence-corrected chi connectivity index (χ2v) is 17.5. The Balaban J connectivity index is 2.26. The van der Waals surface area contributed by atoms with Crippen molar-refractivity contribution in [2.24, 2.45) is 0 Å². The molecular weight excluding hydrogens is 783 g/mol. The van der Waals surface area contributed by atoms with Crippen LogP contribution in [0.5, 0.6) is 0 Å². The van der Waals surface area contributed by atoms with E-state index in [9.17, 15) is 53.4 Å². The van der Waals surface area contributed by atoms with E-state index in [0.29, 0.717) is 12.8 Å². The highest BCUT2D eigenvalue weighted by Gasteiger charge is 2.36. The van der Waals surface area contributed by atoms with Gasteiger partial charge in [0.2, 0.25) is 20.0 Å². The fraction of sp³-hybridized carbons (Fsp3) is 0.667. The van der Waals surface area contributed by atoms with E-state index >= 15 is 0 Å². The van der Waals surface area contributed by atoms with E-state index in [1.807, 2.05) is 13.8 Å². The summed E-state index contributed by atoms with van der Waals surface area (Å²) in [5.41, 5.74) is -2.62. The van der Waals surface area contributed by atoms with E-state index in [4.69, 9.17) is 14.2 Å². The van der Waals surface area contributed by atoms with Gasteiger partial charge in [-0.3, -0.25) is 8.61 Å². The number of unbranched alkanes of at least 4 members (excludes halogenated alkanes) is 2. The molecule has 0 aliphatic rings. The highest BCUT2D eigenvalue weighted by Crippen LogP contribution is 2.37. The first kappa shape index (κ1) is 48.5. The first-order chi connectivity index (χ1) is 25.5. The summed E-state index contributed by atoms with van der Waals surface area (Å²) in [6.45, 7) is 7.55. The van der Waals surface area contributed by atoms with Crippen LogP contribution in [0.4, 0.5) is 37.7 Å². The number of hydrogen-bond acceptors (Lipinski definition) is 9. The van der Waals surface area contributed by atoms with Gasteiger partial charge in [0, 0.05) is 23.2 Å². The minimum absolute atomic E-state index is 0.0958. The molecule has 0 spiro atoms. The van der Waals surface area contributed by atoms with Crippen LogP contribution in [0.1, 0.15) is 102 Å². The van der Waals surface area contributed by atoms with Gasteiger partial charge >= 0.3 is 12.4 Å². The van der Waals surface area contributed by atoms with Gasteiger partial charge in [0.15, 0.2) is 0 Å². The summed E-state index contributed by atoms with van der Waals surface area (Å²) in [5.74, 6) is -1.30. The van der Waals surface area contributed by atoms with Crippen molar-refractivity contribution in [3.8, 4) is 0 Å². The van der Waals surface area contributed by atoms with Crippen molar-refractivity contribution in [2.75, 3.05) is 33.7 Å². The third kappa shape index (κ3) is 15.0. The fourth-order valence-electron chi connectivity index (χ4n) is 5.83. The molecule has 2 aromatic carbocycles. The Morgan fingerprint density at radius 2 is 0.964 bits per heavy atom. The van der Waals surface area contributed by atoms with Gasteiger partial charge in [-0.25, -0.2) is 16.8 Å². The molecule has 0 saturated carbocycles. The predicted octanol–water partition coefficient (Wildman–Crippen LogP) is 7.58. The molecule has 0 saturated heterocycles. The number of alkyl halides is 6. The van der Waals surface area contributed by atoms with Gasteiger partial charge in [-0.05, 0) is 76.9 Å². The summed E-state index contributed by atoms with van der Waals surface area (Å²) in [6, 6.07) is 3.50. The van der Waals surface area contributed by atoms with E-state index in [2.05, 4.69) is 0 Å². The molecule has 2 atom stereocenters. The quantitative estimate of drug-likeness (QED) is 0.0622. The zero-order valence-corrected chi connectivity index (χ0v) is 33.6. The zero-order valence-electron chi connectivity index (χ0n) is 32.0. The maximum absolute atomic E-state index is 13.7. The molecule has 2 unspecified atom stereocenters. The maximum Gasteiger partial charge on any atom is 0.416 e. The van der Waals surface area contributed by atoms with Gasteiger partial charge in [0.1, 0.15) is 13.6 Å². The first-order valence-electron chi connectivity index (χ1n) is 18.0. The van der Waals surface area contributed by atoms with Crippen LogP contribution < -0.4 is 8.61 Å². The lowest BCUT2D eigenvalue weighted by atomic mass is 10.1. The van der Waals surface area contributed by atoms with Gasteiger partial charge in [-0.15, -0.1) is 0 Å². The van der Waals surface area contributed by atoms with Crippen LogP contribution in [-0.4, -0.2) is 76.4 Å². The molecule has 2 aromatic rings. The molecule has 19 heteroatoms. The highest BCUT2D eigenvalue weighted by atomic mass is 32.2.